The maximum Gasteiger partial charge on any atom is 0.248 e. The van der Waals surface area contributed by atoms with Gasteiger partial charge in [-0.05, 0) is 31.0 Å². The van der Waals surface area contributed by atoms with Gasteiger partial charge in [-0.25, -0.2) is 0 Å². The van der Waals surface area contributed by atoms with Gasteiger partial charge in [0, 0.05) is 37.8 Å². The molecule has 0 atom stereocenters. The highest BCUT2D eigenvalue weighted by Gasteiger charge is 2.19. The van der Waals surface area contributed by atoms with Crippen molar-refractivity contribution in [3.05, 3.63) is 35.0 Å². The van der Waals surface area contributed by atoms with E-state index in [0.29, 0.717) is 34.2 Å². The van der Waals surface area contributed by atoms with Gasteiger partial charge in [-0.15, -0.1) is 0 Å². The SMILES string of the molecule is Cn1ncc(Cl)c1-c1cc(C(N)=O)ccc1OCCN1CCC(O)CC1. The summed E-state index contributed by atoms with van der Waals surface area (Å²) in [4.78, 5) is 13.8. The van der Waals surface area contributed by atoms with Crippen molar-refractivity contribution in [2.24, 2.45) is 12.8 Å². The Kier molecular flexibility index (Phi) is 5.80. The van der Waals surface area contributed by atoms with Crippen molar-refractivity contribution in [1.29, 1.82) is 0 Å². The van der Waals surface area contributed by atoms with Gasteiger partial charge in [0.05, 0.1) is 23.0 Å². The normalized spacial score (nSPS) is 16.0. The van der Waals surface area contributed by atoms with E-state index in [1.165, 1.54) is 0 Å². The number of aromatic nitrogens is 2. The number of piperidine rings is 1. The number of nitrogens with two attached hydrogens (primary N) is 1. The Morgan fingerprint density at radius 2 is 2.15 bits per heavy atom. The van der Waals surface area contributed by atoms with Crippen LogP contribution in [0.2, 0.25) is 5.02 Å². The number of ether oxygens (including phenoxy) is 1. The molecular weight excluding hydrogens is 356 g/mol. The van der Waals surface area contributed by atoms with Gasteiger partial charge in [0.2, 0.25) is 5.91 Å². The predicted molar refractivity (Wildman–Crippen MR) is 99.3 cm³/mol. The molecule has 1 amide bonds. The molecule has 1 aliphatic heterocycles. The third-order valence-corrected chi connectivity index (χ3v) is 4.91. The van der Waals surface area contributed by atoms with Crippen LogP contribution in [0.1, 0.15) is 23.2 Å². The zero-order valence-corrected chi connectivity index (χ0v) is 15.4. The largest absolute Gasteiger partial charge is 0.492 e. The van der Waals surface area contributed by atoms with Crippen LogP contribution in [0.25, 0.3) is 11.3 Å². The van der Waals surface area contributed by atoms with Crippen LogP contribution in [0.4, 0.5) is 0 Å². The molecule has 2 heterocycles. The molecule has 0 bridgehead atoms. The smallest absolute Gasteiger partial charge is 0.248 e. The van der Waals surface area contributed by atoms with Crippen LogP contribution in [-0.4, -0.2) is 58.0 Å². The van der Waals surface area contributed by atoms with E-state index in [0.717, 1.165) is 32.5 Å². The lowest BCUT2D eigenvalue weighted by Crippen LogP contribution is -2.38. The minimum absolute atomic E-state index is 0.188. The number of carbonyl (C=O) groups is 1. The summed E-state index contributed by atoms with van der Waals surface area (Å²) in [5.41, 5.74) is 7.15. The first-order valence-electron chi connectivity index (χ1n) is 8.60. The molecule has 26 heavy (non-hydrogen) atoms. The molecule has 0 radical (unpaired) electrons. The number of hydrogen-bond donors (Lipinski definition) is 2. The Morgan fingerprint density at radius 1 is 1.42 bits per heavy atom. The number of hydrogen-bond acceptors (Lipinski definition) is 5. The van der Waals surface area contributed by atoms with Gasteiger partial charge in [0.25, 0.3) is 0 Å². The molecule has 2 aromatic rings. The predicted octanol–water partition coefficient (Wildman–Crippen LogP) is 1.67. The summed E-state index contributed by atoms with van der Waals surface area (Å²) in [7, 11) is 1.78. The van der Waals surface area contributed by atoms with Crippen LogP contribution in [0.5, 0.6) is 5.75 Å². The van der Waals surface area contributed by atoms with E-state index in [-0.39, 0.29) is 6.10 Å². The zero-order chi connectivity index (χ0) is 18.7. The van der Waals surface area contributed by atoms with Gasteiger partial charge in [-0.3, -0.25) is 14.4 Å². The Balaban J connectivity index is 1.77. The molecule has 1 aliphatic rings. The Morgan fingerprint density at radius 3 is 2.77 bits per heavy atom. The zero-order valence-electron chi connectivity index (χ0n) is 14.7. The van der Waals surface area contributed by atoms with Gasteiger partial charge in [-0.2, -0.15) is 5.10 Å². The van der Waals surface area contributed by atoms with Gasteiger partial charge in [0.1, 0.15) is 12.4 Å². The van der Waals surface area contributed by atoms with Crippen molar-refractivity contribution in [2.75, 3.05) is 26.2 Å². The number of amides is 1. The fraction of sp³-hybridized carbons (Fsp3) is 0.444. The van der Waals surface area contributed by atoms with Crippen molar-refractivity contribution < 1.29 is 14.6 Å². The lowest BCUT2D eigenvalue weighted by Gasteiger charge is -2.29. The number of likely N-dealkylation sites (tertiary alicyclic amines) is 1. The van der Waals surface area contributed by atoms with E-state index in [9.17, 15) is 9.90 Å². The average molecular weight is 379 g/mol. The second-order valence-corrected chi connectivity index (χ2v) is 6.87. The van der Waals surface area contributed by atoms with Crippen molar-refractivity contribution in [1.82, 2.24) is 14.7 Å². The van der Waals surface area contributed by atoms with Crippen molar-refractivity contribution in [2.45, 2.75) is 18.9 Å². The second kappa shape index (κ2) is 8.07. The van der Waals surface area contributed by atoms with Crippen LogP contribution >= 0.6 is 11.6 Å². The molecule has 1 aromatic heterocycles. The summed E-state index contributed by atoms with van der Waals surface area (Å²) in [5, 5.41) is 14.2. The Labute approximate surface area is 157 Å². The van der Waals surface area contributed by atoms with Crippen LogP contribution in [0.3, 0.4) is 0 Å². The van der Waals surface area contributed by atoms with Crippen LogP contribution in [0, 0.1) is 0 Å². The number of aliphatic hydroxyl groups is 1. The van der Waals surface area contributed by atoms with E-state index in [2.05, 4.69) is 10.00 Å². The molecular formula is C18H23ClN4O3. The molecule has 1 saturated heterocycles. The van der Waals surface area contributed by atoms with Crippen LogP contribution < -0.4 is 10.5 Å². The number of aryl methyl sites for hydroxylation is 1. The van der Waals surface area contributed by atoms with Crippen LogP contribution in [-0.2, 0) is 7.05 Å². The van der Waals surface area contributed by atoms with Crippen molar-refractivity contribution >= 4 is 17.5 Å². The number of nitrogens with zero attached hydrogens (tertiary/aromatic N) is 3. The third-order valence-electron chi connectivity index (χ3n) is 4.64. The first-order chi connectivity index (χ1) is 12.5. The van der Waals surface area contributed by atoms with E-state index < -0.39 is 5.91 Å². The number of rotatable bonds is 6. The second-order valence-electron chi connectivity index (χ2n) is 6.46. The minimum atomic E-state index is -0.511. The van der Waals surface area contributed by atoms with Gasteiger partial charge < -0.3 is 15.6 Å². The minimum Gasteiger partial charge on any atom is -0.492 e. The Hall–Kier alpha value is -2.09. The highest BCUT2D eigenvalue weighted by Crippen LogP contribution is 2.35. The topological polar surface area (TPSA) is 93.6 Å². The maximum absolute atomic E-state index is 11.5. The lowest BCUT2D eigenvalue weighted by molar-refractivity contribution is 0.0755. The molecule has 3 N–H and O–H groups in total. The quantitative estimate of drug-likeness (QED) is 0.797. The van der Waals surface area contributed by atoms with E-state index >= 15 is 0 Å². The summed E-state index contributed by atoms with van der Waals surface area (Å²) in [5.74, 6) is 0.112. The summed E-state index contributed by atoms with van der Waals surface area (Å²) in [6.07, 6.45) is 2.95. The molecule has 3 rings (SSSR count). The van der Waals surface area contributed by atoms with Crippen molar-refractivity contribution in [3.8, 4) is 17.0 Å². The fourth-order valence-electron chi connectivity index (χ4n) is 3.14. The lowest BCUT2D eigenvalue weighted by atomic mass is 10.1. The molecule has 7 nitrogen and oxygen atoms in total. The molecule has 0 unspecified atom stereocenters. The third kappa shape index (κ3) is 4.17. The molecule has 0 aliphatic carbocycles. The van der Waals surface area contributed by atoms with Crippen molar-refractivity contribution in [3.63, 3.8) is 0 Å². The first kappa shape index (κ1) is 18.7. The number of carbonyl (C=O) groups excluding carboxylic acids is 1. The number of aliphatic hydroxyl groups excluding tert-OH is 1. The molecule has 1 fully saturated rings. The van der Waals surface area contributed by atoms with E-state index in [4.69, 9.17) is 22.1 Å². The average Bonchev–Trinajstić information content (AvgIpc) is 2.95. The number of benzene rings is 1. The molecule has 0 saturated carbocycles. The standard InChI is InChI=1S/C18H23ClN4O3/c1-22-17(15(19)11-21-22)14-10-12(18(20)25)2-3-16(14)26-9-8-23-6-4-13(24)5-7-23/h2-3,10-11,13,24H,4-9H2,1H3,(H2,20,25). The molecule has 0 spiro atoms. The number of halogens is 1. The van der Waals surface area contributed by atoms with Gasteiger partial charge in [-0.1, -0.05) is 11.6 Å². The summed E-state index contributed by atoms with van der Waals surface area (Å²) < 4.78 is 7.62. The summed E-state index contributed by atoms with van der Waals surface area (Å²) in [6, 6.07) is 5.05. The van der Waals surface area contributed by atoms with Gasteiger partial charge in [0.15, 0.2) is 0 Å². The number of primary amides is 1. The first-order valence-corrected chi connectivity index (χ1v) is 8.98. The maximum atomic E-state index is 11.5. The van der Waals surface area contributed by atoms with Gasteiger partial charge >= 0.3 is 0 Å². The fourth-order valence-corrected chi connectivity index (χ4v) is 3.40. The molecule has 8 heteroatoms. The molecule has 140 valence electrons. The van der Waals surface area contributed by atoms with Crippen LogP contribution in [0.15, 0.2) is 24.4 Å². The van der Waals surface area contributed by atoms with E-state index in [1.54, 1.807) is 36.1 Å². The Bertz CT molecular complexity index is 765. The summed E-state index contributed by atoms with van der Waals surface area (Å²) in [6.45, 7) is 2.99. The molecule has 1 aromatic carbocycles. The monoisotopic (exact) mass is 378 g/mol. The highest BCUT2D eigenvalue weighted by molar-refractivity contribution is 6.33. The summed E-state index contributed by atoms with van der Waals surface area (Å²) >= 11 is 6.27. The highest BCUT2D eigenvalue weighted by atomic mass is 35.5. The van der Waals surface area contributed by atoms with E-state index in [1.807, 2.05) is 0 Å².